The molecule has 0 saturated carbocycles. The predicted octanol–water partition coefficient (Wildman–Crippen LogP) is 2.45. The Bertz CT molecular complexity index is 957. The Morgan fingerprint density at radius 2 is 1.81 bits per heavy atom. The first-order valence-corrected chi connectivity index (χ1v) is 9.44. The van der Waals surface area contributed by atoms with Crippen LogP contribution in [0.15, 0.2) is 53.4 Å². The van der Waals surface area contributed by atoms with E-state index < -0.39 is 33.7 Å². The second kappa shape index (κ2) is 6.87. The number of hydrogen-bond donors (Lipinski definition) is 1. The molecule has 136 valence electrons. The van der Waals surface area contributed by atoms with Gasteiger partial charge < -0.3 is 5.32 Å². The first kappa shape index (κ1) is 18.1. The molecule has 26 heavy (non-hydrogen) atoms. The van der Waals surface area contributed by atoms with Crippen LogP contribution >= 0.6 is 0 Å². The molecule has 1 aliphatic heterocycles. The molecule has 8 heteroatoms. The fourth-order valence-corrected chi connectivity index (χ4v) is 4.41. The third-order valence-corrected chi connectivity index (χ3v) is 6.02. The Morgan fingerprint density at radius 1 is 1.15 bits per heavy atom. The van der Waals surface area contributed by atoms with Crippen LogP contribution in [0, 0.1) is 12.7 Å². The SMILES string of the molecule is Cc1ccc(S(=O)(=O)N2C(=O)CCC2C(=O)Nc2ccccc2F)cc1. The standard InChI is InChI=1S/C18H17FN2O4S/c1-12-6-8-13(9-7-12)26(24,25)21-16(10-11-17(21)22)18(23)20-15-5-3-2-4-14(15)19/h2-9,16H,10-11H2,1H3,(H,20,23). The number of nitrogens with one attached hydrogen (secondary N) is 1. The summed E-state index contributed by atoms with van der Waals surface area (Å²) in [6, 6.07) is 10.3. The van der Waals surface area contributed by atoms with Crippen LogP contribution in [0.1, 0.15) is 18.4 Å². The number of hydrogen-bond acceptors (Lipinski definition) is 4. The van der Waals surface area contributed by atoms with Crippen molar-refractivity contribution in [2.75, 3.05) is 5.32 Å². The first-order valence-electron chi connectivity index (χ1n) is 8.00. The summed E-state index contributed by atoms with van der Waals surface area (Å²) < 4.78 is 40.0. The summed E-state index contributed by atoms with van der Waals surface area (Å²) >= 11 is 0. The summed E-state index contributed by atoms with van der Waals surface area (Å²) in [7, 11) is -4.17. The number of sulfonamides is 1. The Labute approximate surface area is 150 Å². The van der Waals surface area contributed by atoms with E-state index in [1.807, 2.05) is 6.92 Å². The van der Waals surface area contributed by atoms with E-state index in [0.29, 0.717) is 4.31 Å². The van der Waals surface area contributed by atoms with Crippen LogP contribution in [-0.4, -0.2) is 30.6 Å². The minimum Gasteiger partial charge on any atom is -0.322 e. The van der Waals surface area contributed by atoms with Crippen molar-refractivity contribution in [2.24, 2.45) is 0 Å². The van der Waals surface area contributed by atoms with Gasteiger partial charge in [0.15, 0.2) is 0 Å². The number of amides is 2. The molecule has 1 aliphatic rings. The molecule has 6 nitrogen and oxygen atoms in total. The molecule has 0 spiro atoms. The van der Waals surface area contributed by atoms with Gasteiger partial charge in [-0.25, -0.2) is 17.1 Å². The van der Waals surface area contributed by atoms with E-state index in [2.05, 4.69) is 5.32 Å². The number of para-hydroxylation sites is 1. The monoisotopic (exact) mass is 376 g/mol. The average Bonchev–Trinajstić information content (AvgIpc) is 3.00. The Morgan fingerprint density at radius 3 is 2.46 bits per heavy atom. The Balaban J connectivity index is 1.90. The number of carbonyl (C=O) groups excluding carboxylic acids is 2. The van der Waals surface area contributed by atoms with Gasteiger partial charge in [0.25, 0.3) is 10.0 Å². The van der Waals surface area contributed by atoms with Crippen molar-refractivity contribution in [3.63, 3.8) is 0 Å². The van der Waals surface area contributed by atoms with E-state index in [0.717, 1.165) is 5.56 Å². The number of carbonyl (C=O) groups is 2. The summed E-state index contributed by atoms with van der Waals surface area (Å²) in [6.45, 7) is 1.81. The zero-order valence-corrected chi connectivity index (χ0v) is 14.8. The smallest absolute Gasteiger partial charge is 0.267 e. The van der Waals surface area contributed by atoms with Gasteiger partial charge in [-0.2, -0.15) is 0 Å². The number of rotatable bonds is 4. The van der Waals surface area contributed by atoms with Crippen LogP contribution in [0.2, 0.25) is 0 Å². The topological polar surface area (TPSA) is 83.6 Å². The van der Waals surface area contributed by atoms with Gasteiger partial charge in [-0.15, -0.1) is 0 Å². The molecule has 0 radical (unpaired) electrons. The predicted molar refractivity (Wildman–Crippen MR) is 93.3 cm³/mol. The van der Waals surface area contributed by atoms with E-state index in [1.165, 1.54) is 30.3 Å². The summed E-state index contributed by atoms with van der Waals surface area (Å²) in [6.07, 6.45) is -0.0232. The molecule has 3 rings (SSSR count). The summed E-state index contributed by atoms with van der Waals surface area (Å²) in [5.74, 6) is -2.03. The fraction of sp³-hybridized carbons (Fsp3) is 0.222. The second-order valence-electron chi connectivity index (χ2n) is 6.03. The highest BCUT2D eigenvalue weighted by Crippen LogP contribution is 2.28. The molecule has 2 amide bonds. The molecule has 2 aromatic rings. The van der Waals surface area contributed by atoms with Crippen molar-refractivity contribution in [1.29, 1.82) is 0 Å². The molecule has 1 heterocycles. The highest BCUT2D eigenvalue weighted by molar-refractivity contribution is 7.89. The zero-order chi connectivity index (χ0) is 18.9. The van der Waals surface area contributed by atoms with Gasteiger partial charge in [-0.05, 0) is 37.6 Å². The molecule has 0 aliphatic carbocycles. The summed E-state index contributed by atoms with van der Waals surface area (Å²) in [4.78, 5) is 24.6. The van der Waals surface area contributed by atoms with E-state index in [1.54, 1.807) is 18.2 Å². The van der Waals surface area contributed by atoms with Crippen LogP contribution in [0.4, 0.5) is 10.1 Å². The van der Waals surface area contributed by atoms with Crippen LogP contribution < -0.4 is 5.32 Å². The highest BCUT2D eigenvalue weighted by atomic mass is 32.2. The molecule has 1 fully saturated rings. The van der Waals surface area contributed by atoms with E-state index >= 15 is 0 Å². The molecule has 0 bridgehead atoms. The van der Waals surface area contributed by atoms with E-state index in [4.69, 9.17) is 0 Å². The molecule has 1 saturated heterocycles. The van der Waals surface area contributed by atoms with E-state index in [9.17, 15) is 22.4 Å². The molecule has 1 unspecified atom stereocenters. The largest absolute Gasteiger partial charge is 0.322 e. The molecular weight excluding hydrogens is 359 g/mol. The van der Waals surface area contributed by atoms with Crippen molar-refractivity contribution < 1.29 is 22.4 Å². The van der Waals surface area contributed by atoms with Crippen LogP contribution in [0.5, 0.6) is 0 Å². The minimum absolute atomic E-state index is 0.0458. The molecule has 2 aromatic carbocycles. The molecular formula is C18H17FN2O4S. The van der Waals surface area contributed by atoms with Gasteiger partial charge in [-0.1, -0.05) is 29.8 Å². The normalized spacial score (nSPS) is 17.4. The number of halogens is 1. The lowest BCUT2D eigenvalue weighted by molar-refractivity contribution is -0.128. The fourth-order valence-electron chi connectivity index (χ4n) is 2.80. The first-order chi connectivity index (χ1) is 12.3. The van der Waals surface area contributed by atoms with Gasteiger partial charge in [0.05, 0.1) is 10.6 Å². The maximum Gasteiger partial charge on any atom is 0.267 e. The summed E-state index contributed by atoms with van der Waals surface area (Å²) in [5.41, 5.74) is 0.801. The number of nitrogens with zero attached hydrogens (tertiary/aromatic N) is 1. The van der Waals surface area contributed by atoms with Gasteiger partial charge in [-0.3, -0.25) is 9.59 Å². The van der Waals surface area contributed by atoms with Crippen LogP contribution in [0.25, 0.3) is 0 Å². The number of aryl methyl sites for hydroxylation is 1. The van der Waals surface area contributed by atoms with Crippen LogP contribution in [-0.2, 0) is 19.6 Å². The van der Waals surface area contributed by atoms with Gasteiger partial charge in [0, 0.05) is 6.42 Å². The molecule has 1 atom stereocenters. The van der Waals surface area contributed by atoms with Crippen LogP contribution in [0.3, 0.4) is 0 Å². The second-order valence-corrected chi connectivity index (χ2v) is 7.85. The summed E-state index contributed by atoms with van der Waals surface area (Å²) in [5, 5.41) is 2.36. The van der Waals surface area contributed by atoms with Gasteiger partial charge in [0.1, 0.15) is 11.9 Å². The maximum absolute atomic E-state index is 13.7. The Hall–Kier alpha value is -2.74. The lowest BCUT2D eigenvalue weighted by atomic mass is 10.2. The number of benzene rings is 2. The van der Waals surface area contributed by atoms with Crippen molar-refractivity contribution in [3.05, 3.63) is 59.9 Å². The van der Waals surface area contributed by atoms with E-state index in [-0.39, 0.29) is 23.4 Å². The Kier molecular flexibility index (Phi) is 4.78. The van der Waals surface area contributed by atoms with Gasteiger partial charge in [0.2, 0.25) is 11.8 Å². The quantitative estimate of drug-likeness (QED) is 0.888. The molecule has 0 aromatic heterocycles. The number of anilines is 1. The van der Waals surface area contributed by atoms with Crippen molar-refractivity contribution in [2.45, 2.75) is 30.7 Å². The van der Waals surface area contributed by atoms with Crippen molar-refractivity contribution >= 4 is 27.5 Å². The van der Waals surface area contributed by atoms with Gasteiger partial charge >= 0.3 is 0 Å². The molecule has 1 N–H and O–H groups in total. The third kappa shape index (κ3) is 3.32. The van der Waals surface area contributed by atoms with Crippen molar-refractivity contribution in [3.8, 4) is 0 Å². The minimum atomic E-state index is -4.17. The lowest BCUT2D eigenvalue weighted by Crippen LogP contribution is -2.45. The maximum atomic E-state index is 13.7. The lowest BCUT2D eigenvalue weighted by Gasteiger charge is -2.23. The third-order valence-electron chi connectivity index (χ3n) is 4.17. The highest BCUT2D eigenvalue weighted by Gasteiger charge is 2.44. The zero-order valence-electron chi connectivity index (χ0n) is 14.0. The van der Waals surface area contributed by atoms with Crippen molar-refractivity contribution in [1.82, 2.24) is 4.31 Å². The average molecular weight is 376 g/mol.